The molecule has 1 aromatic rings. The van der Waals surface area contributed by atoms with E-state index in [2.05, 4.69) is 0 Å². The molecule has 1 aromatic carbocycles. The number of amides is 1. The van der Waals surface area contributed by atoms with Crippen LogP contribution in [0.25, 0.3) is 0 Å². The molecule has 0 spiro atoms. The second-order valence-corrected chi connectivity index (χ2v) is 6.09. The van der Waals surface area contributed by atoms with E-state index in [1.54, 1.807) is 0 Å². The maximum atomic E-state index is 12.8. The van der Waals surface area contributed by atoms with E-state index >= 15 is 0 Å². The lowest BCUT2D eigenvalue weighted by molar-refractivity contribution is -0.141. The minimum absolute atomic E-state index is 0.0489. The number of alkyl halides is 3. The van der Waals surface area contributed by atoms with E-state index in [1.807, 2.05) is 0 Å². The van der Waals surface area contributed by atoms with Crippen LogP contribution in [-0.2, 0) is 11.0 Å². The normalized spacial score (nSPS) is 16.0. The Bertz CT molecular complexity index is 629. The highest BCUT2D eigenvalue weighted by Gasteiger charge is 2.36. The summed E-state index contributed by atoms with van der Waals surface area (Å²) in [5.74, 6) is -2.50. The maximum Gasteiger partial charge on any atom is 0.416 e. The smallest absolute Gasteiger partial charge is 0.416 e. The van der Waals surface area contributed by atoms with Gasteiger partial charge in [0.2, 0.25) is 0 Å². The average Bonchev–Trinajstić information content (AvgIpc) is 3.26. The van der Waals surface area contributed by atoms with E-state index in [4.69, 9.17) is 16.7 Å². The van der Waals surface area contributed by atoms with Gasteiger partial charge in [0.05, 0.1) is 11.5 Å². The zero-order valence-corrected chi connectivity index (χ0v) is 13.0. The number of carboxylic acids is 1. The second-order valence-electron chi connectivity index (χ2n) is 5.65. The first-order chi connectivity index (χ1) is 10.6. The molecule has 0 aromatic heterocycles. The molecular formula is C15H15ClF3NO3. The summed E-state index contributed by atoms with van der Waals surface area (Å²) in [4.78, 5) is 24.8. The number of carboxylic acid groups (broad SMARTS) is 1. The van der Waals surface area contributed by atoms with Crippen LogP contribution >= 0.6 is 11.6 Å². The Morgan fingerprint density at radius 3 is 2.43 bits per heavy atom. The topological polar surface area (TPSA) is 57.6 Å². The van der Waals surface area contributed by atoms with Gasteiger partial charge in [-0.2, -0.15) is 13.2 Å². The predicted molar refractivity (Wildman–Crippen MR) is 77.3 cm³/mol. The van der Waals surface area contributed by atoms with E-state index in [0.717, 1.165) is 12.1 Å². The number of hydrogen-bond acceptors (Lipinski definition) is 2. The van der Waals surface area contributed by atoms with Crippen LogP contribution in [0.15, 0.2) is 18.2 Å². The highest BCUT2D eigenvalue weighted by atomic mass is 35.5. The van der Waals surface area contributed by atoms with Crippen molar-refractivity contribution >= 4 is 23.5 Å². The number of hydrogen-bond donors (Lipinski definition) is 1. The van der Waals surface area contributed by atoms with Gasteiger partial charge in [0.15, 0.2) is 0 Å². The van der Waals surface area contributed by atoms with Crippen molar-refractivity contribution in [2.45, 2.75) is 32.0 Å². The van der Waals surface area contributed by atoms with Gasteiger partial charge in [-0.05, 0) is 31.0 Å². The van der Waals surface area contributed by atoms with Gasteiger partial charge >= 0.3 is 12.1 Å². The molecule has 1 fully saturated rings. The van der Waals surface area contributed by atoms with Gasteiger partial charge in [-0.15, -0.1) is 0 Å². The van der Waals surface area contributed by atoms with Crippen LogP contribution in [0.4, 0.5) is 13.2 Å². The van der Waals surface area contributed by atoms with Crippen LogP contribution in [0, 0.1) is 5.92 Å². The molecule has 0 radical (unpaired) electrons. The molecule has 0 saturated heterocycles. The standard InChI is InChI=1S/C15H15ClF3NO3/c1-8(14(22)23)7-20(12-2-3-12)13(21)9-4-10(15(17,18)19)6-11(16)5-9/h4-6,8,12H,2-3,7H2,1H3,(H,22,23). The van der Waals surface area contributed by atoms with Gasteiger partial charge in [-0.1, -0.05) is 18.5 Å². The van der Waals surface area contributed by atoms with Gasteiger partial charge < -0.3 is 10.0 Å². The van der Waals surface area contributed by atoms with Crippen molar-refractivity contribution in [2.75, 3.05) is 6.54 Å². The molecule has 1 saturated carbocycles. The fraction of sp³-hybridized carbons (Fsp3) is 0.467. The van der Waals surface area contributed by atoms with Crippen LogP contribution in [0.2, 0.25) is 5.02 Å². The Kier molecular flexibility index (Phi) is 4.89. The lowest BCUT2D eigenvalue weighted by Gasteiger charge is -2.25. The maximum absolute atomic E-state index is 12.8. The van der Waals surface area contributed by atoms with Crippen molar-refractivity contribution in [2.24, 2.45) is 5.92 Å². The number of carbonyl (C=O) groups is 2. The average molecular weight is 350 g/mol. The first kappa shape index (κ1) is 17.6. The summed E-state index contributed by atoms with van der Waals surface area (Å²) in [6.07, 6.45) is -3.19. The first-order valence-electron chi connectivity index (χ1n) is 7.01. The molecule has 0 aliphatic heterocycles. The number of aliphatic carboxylic acids is 1. The van der Waals surface area contributed by atoms with E-state index in [1.165, 1.54) is 17.9 Å². The first-order valence-corrected chi connectivity index (χ1v) is 7.39. The minimum Gasteiger partial charge on any atom is -0.481 e. The summed E-state index contributed by atoms with van der Waals surface area (Å²) >= 11 is 5.69. The third-order valence-corrected chi connectivity index (χ3v) is 3.83. The molecule has 4 nitrogen and oxygen atoms in total. The van der Waals surface area contributed by atoms with Crippen molar-refractivity contribution < 1.29 is 27.9 Å². The highest BCUT2D eigenvalue weighted by Crippen LogP contribution is 2.34. The zero-order valence-electron chi connectivity index (χ0n) is 12.2. The lowest BCUT2D eigenvalue weighted by atomic mass is 10.1. The predicted octanol–water partition coefficient (Wildman–Crippen LogP) is 3.68. The largest absolute Gasteiger partial charge is 0.481 e. The lowest BCUT2D eigenvalue weighted by Crippen LogP contribution is -2.38. The summed E-state index contributed by atoms with van der Waals surface area (Å²) in [7, 11) is 0. The fourth-order valence-corrected chi connectivity index (χ4v) is 2.43. The summed E-state index contributed by atoms with van der Waals surface area (Å²) in [6.45, 7) is 1.40. The number of nitrogens with zero attached hydrogens (tertiary/aromatic N) is 1. The Labute approximate surface area is 135 Å². The molecule has 1 aliphatic carbocycles. The molecule has 1 N–H and O–H groups in total. The quantitative estimate of drug-likeness (QED) is 0.882. The third-order valence-electron chi connectivity index (χ3n) is 3.61. The molecule has 126 valence electrons. The summed E-state index contributed by atoms with van der Waals surface area (Å²) in [5, 5.41) is 8.78. The number of rotatable bonds is 5. The van der Waals surface area contributed by atoms with Crippen LogP contribution in [0.3, 0.4) is 0 Å². The van der Waals surface area contributed by atoms with Gasteiger partial charge in [0.25, 0.3) is 5.91 Å². The Morgan fingerprint density at radius 2 is 1.96 bits per heavy atom. The van der Waals surface area contributed by atoms with Crippen molar-refractivity contribution in [1.29, 1.82) is 0 Å². The van der Waals surface area contributed by atoms with Crippen LogP contribution in [-0.4, -0.2) is 34.5 Å². The number of benzene rings is 1. The van der Waals surface area contributed by atoms with Crippen LogP contribution < -0.4 is 0 Å². The van der Waals surface area contributed by atoms with Crippen LogP contribution in [0.5, 0.6) is 0 Å². The SMILES string of the molecule is CC(CN(C(=O)c1cc(Cl)cc(C(F)(F)F)c1)C1CC1)C(=O)O. The molecule has 2 rings (SSSR count). The molecule has 1 amide bonds. The molecule has 0 heterocycles. The summed E-state index contributed by atoms with van der Waals surface area (Å²) in [5.41, 5.74) is -1.19. The van der Waals surface area contributed by atoms with E-state index < -0.39 is 29.5 Å². The fourth-order valence-electron chi connectivity index (χ4n) is 2.20. The van der Waals surface area contributed by atoms with Gasteiger partial charge in [0, 0.05) is 23.2 Å². The monoisotopic (exact) mass is 349 g/mol. The van der Waals surface area contributed by atoms with Crippen LogP contribution in [0.1, 0.15) is 35.7 Å². The van der Waals surface area contributed by atoms with Crippen molar-refractivity contribution in [3.8, 4) is 0 Å². The zero-order chi connectivity index (χ0) is 17.4. The van der Waals surface area contributed by atoms with E-state index in [0.29, 0.717) is 12.8 Å². The van der Waals surface area contributed by atoms with Crippen molar-refractivity contribution in [3.63, 3.8) is 0 Å². The minimum atomic E-state index is -4.61. The molecule has 1 aliphatic rings. The highest BCUT2D eigenvalue weighted by molar-refractivity contribution is 6.31. The van der Waals surface area contributed by atoms with E-state index in [-0.39, 0.29) is 23.2 Å². The van der Waals surface area contributed by atoms with Crippen molar-refractivity contribution in [1.82, 2.24) is 4.90 Å². The van der Waals surface area contributed by atoms with Gasteiger partial charge in [-0.25, -0.2) is 0 Å². The Morgan fingerprint density at radius 1 is 1.35 bits per heavy atom. The molecule has 0 bridgehead atoms. The summed E-state index contributed by atoms with van der Waals surface area (Å²) < 4.78 is 38.5. The van der Waals surface area contributed by atoms with Gasteiger partial charge in [-0.3, -0.25) is 9.59 Å². The molecular weight excluding hydrogens is 335 g/mol. The molecule has 1 atom stereocenters. The second kappa shape index (κ2) is 6.39. The van der Waals surface area contributed by atoms with E-state index in [9.17, 15) is 22.8 Å². The Hall–Kier alpha value is -1.76. The number of carbonyl (C=O) groups excluding carboxylic acids is 1. The number of halogens is 4. The van der Waals surface area contributed by atoms with Gasteiger partial charge in [0.1, 0.15) is 0 Å². The molecule has 23 heavy (non-hydrogen) atoms. The third kappa shape index (κ3) is 4.37. The Balaban J connectivity index is 2.30. The van der Waals surface area contributed by atoms with Crippen molar-refractivity contribution in [3.05, 3.63) is 34.3 Å². The molecule has 1 unspecified atom stereocenters. The molecule has 8 heteroatoms. The summed E-state index contributed by atoms with van der Waals surface area (Å²) in [6, 6.07) is 2.53.